The number of hydrogen-bond acceptors (Lipinski definition) is 3. The molecule has 7 heteroatoms. The number of nitrogens with one attached hydrogen (secondary N) is 1. The van der Waals surface area contributed by atoms with Gasteiger partial charge in [-0.2, -0.15) is 0 Å². The van der Waals surface area contributed by atoms with Crippen LogP contribution in [0.25, 0.3) is 0 Å². The van der Waals surface area contributed by atoms with Crippen LogP contribution in [-0.4, -0.2) is 24.2 Å². The molecule has 0 unspecified atom stereocenters. The Morgan fingerprint density at radius 3 is 1.67 bits per heavy atom. The van der Waals surface area contributed by atoms with Crippen LogP contribution in [0.1, 0.15) is 20.7 Å². The summed E-state index contributed by atoms with van der Waals surface area (Å²) in [6.45, 7) is 0.606. The van der Waals surface area contributed by atoms with Gasteiger partial charge in [0.2, 0.25) is 0 Å². The van der Waals surface area contributed by atoms with Crippen molar-refractivity contribution in [3.8, 4) is 24.7 Å². The minimum atomic E-state index is -0.424. The maximum atomic E-state index is 11.3. The van der Waals surface area contributed by atoms with E-state index in [2.05, 4.69) is 55.4 Å². The molecule has 0 saturated heterocycles. The molecule has 0 saturated carbocycles. The lowest BCUT2D eigenvalue weighted by molar-refractivity contribution is 0.0958. The summed E-state index contributed by atoms with van der Waals surface area (Å²) in [6, 6.07) is 14.0. The Morgan fingerprint density at radius 1 is 0.926 bits per heavy atom. The van der Waals surface area contributed by atoms with E-state index in [9.17, 15) is 9.59 Å². The molecule has 0 aliphatic carbocycles. The zero-order chi connectivity index (χ0) is 20.7. The second-order valence-electron chi connectivity index (χ2n) is 4.58. The molecule has 2 rings (SSSR count). The number of terminal acetylenes is 2. The number of amides is 1. The number of halogens is 3. The number of carbonyl (C=O) groups excluding carboxylic acids is 2. The first kappa shape index (κ1) is 24.9. The van der Waals surface area contributed by atoms with E-state index in [1.54, 1.807) is 36.4 Å². The molecule has 0 fully saturated rings. The first-order valence-corrected chi connectivity index (χ1v) is 9.38. The highest BCUT2D eigenvalue weighted by Crippen LogP contribution is 2.11. The van der Waals surface area contributed by atoms with Crippen molar-refractivity contribution in [1.82, 2.24) is 5.32 Å². The van der Waals surface area contributed by atoms with Crippen LogP contribution in [0.15, 0.2) is 57.5 Å². The third-order valence-corrected chi connectivity index (χ3v) is 3.92. The van der Waals surface area contributed by atoms with Crippen molar-refractivity contribution >= 4 is 54.6 Å². The summed E-state index contributed by atoms with van der Waals surface area (Å²) in [5.41, 5.74) is 5.92. The van der Waals surface area contributed by atoms with Gasteiger partial charge in [-0.3, -0.25) is 9.59 Å². The normalized spacial score (nSPS) is 8.52. The number of benzene rings is 2. The minimum Gasteiger partial charge on any atom is -0.341 e. The van der Waals surface area contributed by atoms with Crippen LogP contribution < -0.4 is 11.1 Å². The fourth-order valence-corrected chi connectivity index (χ4v) is 2.07. The molecule has 0 aliphatic rings. The van der Waals surface area contributed by atoms with Crippen molar-refractivity contribution in [1.29, 1.82) is 0 Å². The quantitative estimate of drug-likeness (QED) is 0.478. The largest absolute Gasteiger partial charge is 0.341 e. The smallest absolute Gasteiger partial charge is 0.252 e. The van der Waals surface area contributed by atoms with Crippen LogP contribution in [0, 0.1) is 24.7 Å². The van der Waals surface area contributed by atoms with Crippen LogP contribution in [0.2, 0.25) is 0 Å². The van der Waals surface area contributed by atoms with Crippen molar-refractivity contribution in [2.45, 2.75) is 0 Å². The third-order valence-electron chi connectivity index (χ3n) is 2.65. The molecule has 0 aliphatic heterocycles. The predicted octanol–water partition coefficient (Wildman–Crippen LogP) is 4.22. The zero-order valence-corrected chi connectivity index (χ0v) is 18.1. The molecular formula is C20H17Br2ClN2O2. The second-order valence-corrected chi connectivity index (χ2v) is 6.76. The highest BCUT2D eigenvalue weighted by molar-refractivity contribution is 9.10. The van der Waals surface area contributed by atoms with E-state index < -0.39 is 5.24 Å². The van der Waals surface area contributed by atoms with Crippen LogP contribution >= 0.6 is 43.5 Å². The van der Waals surface area contributed by atoms with Gasteiger partial charge in [-0.1, -0.05) is 43.7 Å². The molecule has 0 heterocycles. The molecule has 4 nitrogen and oxygen atoms in total. The minimum absolute atomic E-state index is 0.148. The number of nitrogens with two attached hydrogens (primary N) is 1. The third kappa shape index (κ3) is 12.0. The average molecular weight is 513 g/mol. The van der Waals surface area contributed by atoms with Gasteiger partial charge in [0.25, 0.3) is 11.1 Å². The first-order valence-electron chi connectivity index (χ1n) is 7.41. The number of rotatable bonds is 3. The van der Waals surface area contributed by atoms with Gasteiger partial charge in [0.15, 0.2) is 0 Å². The summed E-state index contributed by atoms with van der Waals surface area (Å²) in [5.74, 6) is 4.40. The van der Waals surface area contributed by atoms with Gasteiger partial charge in [0.05, 0.1) is 13.1 Å². The summed E-state index contributed by atoms with van der Waals surface area (Å²) in [6.07, 6.45) is 9.66. The average Bonchev–Trinajstić information content (AvgIpc) is 2.67. The lowest BCUT2D eigenvalue weighted by atomic mass is 10.2. The van der Waals surface area contributed by atoms with E-state index in [0.717, 1.165) is 8.95 Å². The molecule has 0 bridgehead atoms. The molecule has 2 aromatic carbocycles. The van der Waals surface area contributed by atoms with E-state index in [-0.39, 0.29) is 12.5 Å². The molecule has 0 spiro atoms. The van der Waals surface area contributed by atoms with Gasteiger partial charge >= 0.3 is 0 Å². The highest BCUT2D eigenvalue weighted by Gasteiger charge is 2.02. The van der Waals surface area contributed by atoms with Crippen molar-refractivity contribution in [2.24, 2.45) is 5.73 Å². The van der Waals surface area contributed by atoms with Crippen molar-refractivity contribution < 1.29 is 9.59 Å². The fraction of sp³-hybridized carbons (Fsp3) is 0.100. The summed E-state index contributed by atoms with van der Waals surface area (Å²) < 4.78 is 1.88. The van der Waals surface area contributed by atoms with Crippen LogP contribution in [0.3, 0.4) is 0 Å². The standard InChI is InChI=1S/C10H8BrNO.C7H4BrClO.C3H5N/c1-2-7-12-10(13)8-3-5-9(11)6-4-8;8-6-3-1-5(2-4-6)7(9)10;1-2-3-4/h1,3-6H,7H2,(H,12,13);1-4H;1H,3-4H2. The lowest BCUT2D eigenvalue weighted by Gasteiger charge is -2.00. The van der Waals surface area contributed by atoms with Crippen molar-refractivity contribution in [2.75, 3.05) is 13.1 Å². The molecule has 2 aromatic rings. The molecular weight excluding hydrogens is 495 g/mol. The Bertz CT molecular complexity index is 808. The summed E-state index contributed by atoms with van der Waals surface area (Å²) in [4.78, 5) is 21.8. The molecule has 27 heavy (non-hydrogen) atoms. The Balaban J connectivity index is 0.000000428. The molecule has 0 aromatic heterocycles. The van der Waals surface area contributed by atoms with E-state index in [1.165, 1.54) is 0 Å². The number of hydrogen-bond donors (Lipinski definition) is 2. The van der Waals surface area contributed by atoms with Crippen LogP contribution in [0.4, 0.5) is 0 Å². The van der Waals surface area contributed by atoms with Crippen molar-refractivity contribution in [3.05, 3.63) is 68.6 Å². The fourth-order valence-electron chi connectivity index (χ4n) is 1.42. The van der Waals surface area contributed by atoms with E-state index in [0.29, 0.717) is 17.7 Å². The van der Waals surface area contributed by atoms with Crippen LogP contribution in [0.5, 0.6) is 0 Å². The Labute approximate surface area is 181 Å². The van der Waals surface area contributed by atoms with Crippen molar-refractivity contribution in [3.63, 3.8) is 0 Å². The Morgan fingerprint density at radius 2 is 1.33 bits per heavy atom. The maximum absolute atomic E-state index is 11.3. The van der Waals surface area contributed by atoms with Crippen LogP contribution in [-0.2, 0) is 0 Å². The van der Waals surface area contributed by atoms with E-state index in [1.807, 2.05) is 12.1 Å². The molecule has 3 N–H and O–H groups in total. The topological polar surface area (TPSA) is 72.2 Å². The second kappa shape index (κ2) is 15.0. The zero-order valence-electron chi connectivity index (χ0n) is 14.2. The molecule has 0 atom stereocenters. The summed E-state index contributed by atoms with van der Waals surface area (Å²) in [7, 11) is 0. The SMILES string of the molecule is C#CCN.C#CCNC(=O)c1ccc(Br)cc1.O=C(Cl)c1ccc(Br)cc1. The highest BCUT2D eigenvalue weighted by atomic mass is 79.9. The maximum Gasteiger partial charge on any atom is 0.252 e. The van der Waals surface area contributed by atoms with Gasteiger partial charge in [-0.25, -0.2) is 0 Å². The number of carbonyl (C=O) groups is 2. The Kier molecular flexibility index (Phi) is 13.9. The summed E-state index contributed by atoms with van der Waals surface area (Å²) >= 11 is 11.7. The summed E-state index contributed by atoms with van der Waals surface area (Å²) in [5, 5.41) is 2.15. The predicted molar refractivity (Wildman–Crippen MR) is 118 cm³/mol. The van der Waals surface area contributed by atoms with Gasteiger partial charge in [0.1, 0.15) is 0 Å². The van der Waals surface area contributed by atoms with Gasteiger partial charge in [-0.15, -0.1) is 12.8 Å². The molecule has 0 radical (unpaired) electrons. The molecule has 1 amide bonds. The monoisotopic (exact) mass is 510 g/mol. The van der Waals surface area contributed by atoms with Gasteiger partial charge < -0.3 is 11.1 Å². The molecule has 140 valence electrons. The Hall–Kier alpha value is -2.09. The lowest BCUT2D eigenvalue weighted by Crippen LogP contribution is -2.23. The first-order chi connectivity index (χ1) is 12.8. The van der Waals surface area contributed by atoms with E-state index >= 15 is 0 Å². The van der Waals surface area contributed by atoms with Gasteiger partial charge in [0, 0.05) is 20.1 Å². The van der Waals surface area contributed by atoms with Gasteiger partial charge in [-0.05, 0) is 60.1 Å². The van der Waals surface area contributed by atoms with E-state index in [4.69, 9.17) is 23.8 Å².